The first kappa shape index (κ1) is 12.5. The first-order valence-corrected chi connectivity index (χ1v) is 5.73. The average molecular weight is 214 g/mol. The first-order chi connectivity index (χ1) is 7.27. The molecule has 1 fully saturated rings. The Morgan fingerprint density at radius 3 is 2.87 bits per heavy atom. The van der Waals surface area contributed by atoms with E-state index in [1.165, 1.54) is 19.3 Å². The molecule has 15 heavy (non-hydrogen) atoms. The van der Waals surface area contributed by atoms with Gasteiger partial charge in [0.25, 0.3) is 0 Å². The van der Waals surface area contributed by atoms with Crippen molar-refractivity contribution < 1.29 is 9.53 Å². The zero-order valence-corrected chi connectivity index (χ0v) is 9.50. The van der Waals surface area contributed by atoms with Crippen LogP contribution in [0.3, 0.4) is 0 Å². The third-order valence-corrected chi connectivity index (χ3v) is 3.21. The first-order valence-electron chi connectivity index (χ1n) is 5.73. The van der Waals surface area contributed by atoms with Crippen LogP contribution < -0.4 is 11.1 Å². The zero-order chi connectivity index (χ0) is 11.1. The Hall–Kier alpha value is -0.610. The van der Waals surface area contributed by atoms with E-state index in [2.05, 4.69) is 5.32 Å². The van der Waals surface area contributed by atoms with Crippen molar-refractivity contribution in [1.29, 1.82) is 0 Å². The molecule has 0 spiro atoms. The zero-order valence-electron chi connectivity index (χ0n) is 9.50. The van der Waals surface area contributed by atoms with E-state index in [4.69, 9.17) is 10.5 Å². The monoisotopic (exact) mass is 214 g/mol. The Morgan fingerprint density at radius 2 is 2.20 bits per heavy atom. The number of rotatable bonds is 6. The molecular formula is C11H22N2O2. The van der Waals surface area contributed by atoms with Crippen LogP contribution in [0, 0.1) is 11.8 Å². The maximum absolute atomic E-state index is 11.3. The van der Waals surface area contributed by atoms with Crippen LogP contribution >= 0.6 is 0 Å². The number of amides is 1. The van der Waals surface area contributed by atoms with Gasteiger partial charge < -0.3 is 15.8 Å². The van der Waals surface area contributed by atoms with E-state index >= 15 is 0 Å². The lowest BCUT2D eigenvalue weighted by atomic mass is 9.96. The minimum Gasteiger partial charge on any atom is -0.384 e. The normalized spacial score (nSPS) is 25.5. The fraction of sp³-hybridized carbons (Fsp3) is 0.909. The Morgan fingerprint density at radius 1 is 1.47 bits per heavy atom. The van der Waals surface area contributed by atoms with E-state index in [1.54, 1.807) is 7.11 Å². The van der Waals surface area contributed by atoms with E-state index in [0.29, 0.717) is 24.9 Å². The third kappa shape index (κ3) is 4.18. The average Bonchev–Trinajstić information content (AvgIpc) is 2.70. The van der Waals surface area contributed by atoms with Gasteiger partial charge in [0.1, 0.15) is 0 Å². The summed E-state index contributed by atoms with van der Waals surface area (Å²) in [4.78, 5) is 11.3. The van der Waals surface area contributed by atoms with Gasteiger partial charge in [-0.15, -0.1) is 0 Å². The van der Waals surface area contributed by atoms with E-state index in [9.17, 15) is 4.79 Å². The molecule has 0 aromatic carbocycles. The predicted molar refractivity (Wildman–Crippen MR) is 59.4 cm³/mol. The number of nitrogens with one attached hydrogen (secondary N) is 1. The summed E-state index contributed by atoms with van der Waals surface area (Å²) < 4.78 is 4.85. The Bertz CT molecular complexity index is 197. The van der Waals surface area contributed by atoms with Crippen molar-refractivity contribution >= 4 is 5.91 Å². The summed E-state index contributed by atoms with van der Waals surface area (Å²) in [5.41, 5.74) is 5.68. The second-order valence-corrected chi connectivity index (χ2v) is 4.23. The van der Waals surface area contributed by atoms with Gasteiger partial charge in [0.2, 0.25) is 5.91 Å². The molecule has 0 saturated heterocycles. The van der Waals surface area contributed by atoms with E-state index in [1.807, 2.05) is 0 Å². The molecule has 2 unspecified atom stereocenters. The van der Waals surface area contributed by atoms with E-state index in [0.717, 1.165) is 13.1 Å². The maximum Gasteiger partial charge on any atom is 0.222 e. The molecule has 1 aliphatic carbocycles. The molecule has 0 aromatic rings. The van der Waals surface area contributed by atoms with Crippen molar-refractivity contribution in [1.82, 2.24) is 5.32 Å². The minimum atomic E-state index is 0.0829. The fourth-order valence-electron chi connectivity index (χ4n) is 2.22. The minimum absolute atomic E-state index is 0.0829. The standard InChI is InChI=1S/C11H22N2O2/c1-15-6-5-11(14)13-8-10-4-2-3-9(10)7-12/h9-10H,2-8,12H2,1H3,(H,13,14). The van der Waals surface area contributed by atoms with Crippen LogP contribution in [-0.4, -0.2) is 32.7 Å². The van der Waals surface area contributed by atoms with Crippen molar-refractivity contribution in [3.05, 3.63) is 0 Å². The van der Waals surface area contributed by atoms with Gasteiger partial charge in [-0.05, 0) is 31.2 Å². The number of ether oxygens (including phenoxy) is 1. The lowest BCUT2D eigenvalue weighted by Crippen LogP contribution is -2.33. The summed E-state index contributed by atoms with van der Waals surface area (Å²) >= 11 is 0. The largest absolute Gasteiger partial charge is 0.384 e. The second-order valence-electron chi connectivity index (χ2n) is 4.23. The van der Waals surface area contributed by atoms with Gasteiger partial charge in [0.15, 0.2) is 0 Å². The summed E-state index contributed by atoms with van der Waals surface area (Å²) in [5, 5.41) is 2.95. The highest BCUT2D eigenvalue weighted by molar-refractivity contribution is 5.75. The van der Waals surface area contributed by atoms with E-state index < -0.39 is 0 Å². The fourth-order valence-corrected chi connectivity index (χ4v) is 2.22. The molecule has 1 aliphatic rings. The van der Waals surface area contributed by atoms with Gasteiger partial charge in [-0.3, -0.25) is 4.79 Å². The molecule has 0 aromatic heterocycles. The molecule has 4 heteroatoms. The molecule has 88 valence electrons. The van der Waals surface area contributed by atoms with Crippen LogP contribution in [0.15, 0.2) is 0 Å². The van der Waals surface area contributed by atoms with E-state index in [-0.39, 0.29) is 5.91 Å². The van der Waals surface area contributed by atoms with Gasteiger partial charge in [0, 0.05) is 20.1 Å². The molecule has 0 heterocycles. The number of hydrogen-bond donors (Lipinski definition) is 2. The number of methoxy groups -OCH3 is 1. The lowest BCUT2D eigenvalue weighted by Gasteiger charge is -2.18. The summed E-state index contributed by atoms with van der Waals surface area (Å²) in [7, 11) is 1.61. The highest BCUT2D eigenvalue weighted by Gasteiger charge is 2.25. The Balaban J connectivity index is 2.15. The van der Waals surface area contributed by atoms with Crippen LogP contribution in [0.1, 0.15) is 25.7 Å². The molecule has 4 nitrogen and oxygen atoms in total. The van der Waals surface area contributed by atoms with Crippen molar-refractivity contribution in [3.63, 3.8) is 0 Å². The molecular weight excluding hydrogens is 192 g/mol. The summed E-state index contributed by atoms with van der Waals surface area (Å²) in [5.74, 6) is 1.27. The van der Waals surface area contributed by atoms with Crippen LogP contribution in [0.5, 0.6) is 0 Å². The van der Waals surface area contributed by atoms with Gasteiger partial charge >= 0.3 is 0 Å². The molecule has 0 radical (unpaired) electrons. The van der Waals surface area contributed by atoms with Gasteiger partial charge in [-0.25, -0.2) is 0 Å². The molecule has 1 amide bonds. The van der Waals surface area contributed by atoms with Crippen molar-refractivity contribution in [2.75, 3.05) is 26.8 Å². The molecule has 1 rings (SSSR count). The quantitative estimate of drug-likeness (QED) is 0.677. The summed E-state index contributed by atoms with van der Waals surface area (Å²) in [6.07, 6.45) is 4.12. The van der Waals surface area contributed by atoms with Gasteiger partial charge in [0.05, 0.1) is 6.61 Å². The Kier molecular flexibility index (Phi) is 5.65. The molecule has 0 aliphatic heterocycles. The number of nitrogens with two attached hydrogens (primary N) is 1. The SMILES string of the molecule is COCCC(=O)NCC1CCCC1CN. The van der Waals surface area contributed by atoms with Crippen LogP contribution in [0.25, 0.3) is 0 Å². The third-order valence-electron chi connectivity index (χ3n) is 3.21. The van der Waals surface area contributed by atoms with Crippen LogP contribution in [0.4, 0.5) is 0 Å². The predicted octanol–water partition coefficient (Wildman–Crippen LogP) is 0.514. The molecule has 1 saturated carbocycles. The number of hydrogen-bond acceptors (Lipinski definition) is 3. The lowest BCUT2D eigenvalue weighted by molar-refractivity contribution is -0.122. The smallest absolute Gasteiger partial charge is 0.222 e. The topological polar surface area (TPSA) is 64.3 Å². The number of carbonyl (C=O) groups excluding carboxylic acids is 1. The van der Waals surface area contributed by atoms with Crippen molar-refractivity contribution in [2.24, 2.45) is 17.6 Å². The molecule has 0 bridgehead atoms. The van der Waals surface area contributed by atoms with Crippen molar-refractivity contribution in [2.45, 2.75) is 25.7 Å². The maximum atomic E-state index is 11.3. The van der Waals surface area contributed by atoms with Crippen molar-refractivity contribution in [3.8, 4) is 0 Å². The molecule has 2 atom stereocenters. The summed E-state index contributed by atoms with van der Waals surface area (Å²) in [6, 6.07) is 0. The summed E-state index contributed by atoms with van der Waals surface area (Å²) in [6.45, 7) is 2.03. The Labute approximate surface area is 91.5 Å². The second kappa shape index (κ2) is 6.80. The van der Waals surface area contributed by atoms with Gasteiger partial charge in [-0.1, -0.05) is 6.42 Å². The van der Waals surface area contributed by atoms with Crippen LogP contribution in [0.2, 0.25) is 0 Å². The molecule has 3 N–H and O–H groups in total. The highest BCUT2D eigenvalue weighted by Crippen LogP contribution is 2.30. The highest BCUT2D eigenvalue weighted by atomic mass is 16.5. The van der Waals surface area contributed by atoms with Gasteiger partial charge in [-0.2, -0.15) is 0 Å². The number of carbonyl (C=O) groups is 1. The van der Waals surface area contributed by atoms with Crippen LogP contribution in [-0.2, 0) is 9.53 Å².